The lowest BCUT2D eigenvalue weighted by molar-refractivity contribution is -0.145. The van der Waals surface area contributed by atoms with Gasteiger partial charge in [0, 0.05) is 19.4 Å². The van der Waals surface area contributed by atoms with Crippen LogP contribution in [0.15, 0.2) is 21.9 Å². The summed E-state index contributed by atoms with van der Waals surface area (Å²) in [4.78, 5) is 57.3. The number of hydrogen-bond donors (Lipinski definition) is 6. The summed E-state index contributed by atoms with van der Waals surface area (Å²) in [6.07, 6.45) is -4.85. The summed E-state index contributed by atoms with van der Waals surface area (Å²) in [5.74, 6) is -3.25. The molecule has 0 saturated carbocycles. The number of carbonyl (C=O) groups is 2. The number of thiol groups is 1. The Hall–Kier alpha value is -1.94. The number of ether oxygens (including phenoxy) is 2. The van der Waals surface area contributed by atoms with Crippen molar-refractivity contribution in [2.24, 2.45) is 0 Å². The summed E-state index contributed by atoms with van der Waals surface area (Å²) < 4.78 is 45.7. The van der Waals surface area contributed by atoms with Gasteiger partial charge >= 0.3 is 32.6 Å². The van der Waals surface area contributed by atoms with E-state index in [4.69, 9.17) is 28.7 Å². The molecule has 6 unspecified atom stereocenters. The van der Waals surface area contributed by atoms with Crippen LogP contribution in [-0.4, -0.2) is 74.7 Å². The van der Waals surface area contributed by atoms with Crippen LogP contribution in [0.1, 0.15) is 12.6 Å². The van der Waals surface area contributed by atoms with Crippen LogP contribution in [0.25, 0.3) is 0 Å². The third-order valence-corrected chi connectivity index (χ3v) is 6.15. The minimum Gasteiger partial charge on any atom is -0.481 e. The molecule has 184 valence electrons. The smallest absolute Gasteiger partial charge is 0.481 e. The van der Waals surface area contributed by atoms with E-state index in [0.29, 0.717) is 0 Å². The van der Waals surface area contributed by atoms with Gasteiger partial charge in [0.25, 0.3) is 5.56 Å². The number of carboxylic acids is 2. The minimum atomic E-state index is -4.89. The molecular weight excluding hydrogens is 512 g/mol. The van der Waals surface area contributed by atoms with E-state index in [0.717, 1.165) is 16.8 Å². The zero-order valence-corrected chi connectivity index (χ0v) is 19.4. The van der Waals surface area contributed by atoms with E-state index in [2.05, 4.69) is 12.2 Å². The van der Waals surface area contributed by atoms with E-state index in [9.17, 15) is 33.2 Å². The molecule has 0 aromatic carbocycles. The summed E-state index contributed by atoms with van der Waals surface area (Å²) >= 11 is 3.65. The number of nitrogens with zero attached hydrogens (tertiary/aromatic N) is 1. The van der Waals surface area contributed by atoms with Gasteiger partial charge in [0.15, 0.2) is 12.3 Å². The van der Waals surface area contributed by atoms with Crippen LogP contribution >= 0.6 is 27.2 Å². The topological polar surface area (TPSA) is 233 Å². The summed E-state index contributed by atoms with van der Waals surface area (Å²) in [6, 6.07) is -0.919. The Morgan fingerprint density at radius 3 is 2.58 bits per heavy atom. The molecule has 1 aliphatic rings. The molecule has 33 heavy (non-hydrogen) atoms. The maximum atomic E-state index is 12.3. The molecule has 5 N–H and O–H groups in total. The van der Waals surface area contributed by atoms with Gasteiger partial charge in [0.2, 0.25) is 0 Å². The Kier molecular flexibility index (Phi) is 9.48. The lowest BCUT2D eigenvalue weighted by atomic mass is 10.1. The van der Waals surface area contributed by atoms with Crippen molar-refractivity contribution in [1.29, 1.82) is 0 Å². The lowest BCUT2D eigenvalue weighted by Crippen LogP contribution is -2.40. The van der Waals surface area contributed by atoms with Crippen molar-refractivity contribution in [2.45, 2.75) is 37.0 Å². The number of methoxy groups -OCH3 is 1. The summed E-state index contributed by atoms with van der Waals surface area (Å²) in [6.45, 7) is -0.768. The first kappa shape index (κ1) is 27.3. The molecule has 7 atom stereocenters. The van der Waals surface area contributed by atoms with E-state index in [-0.39, 0.29) is 0 Å². The number of H-pyrrole nitrogens is 1. The van der Waals surface area contributed by atoms with E-state index >= 15 is 0 Å². The van der Waals surface area contributed by atoms with Crippen molar-refractivity contribution < 1.29 is 52.3 Å². The van der Waals surface area contributed by atoms with E-state index in [1.807, 2.05) is 4.98 Å². The molecule has 1 saturated heterocycles. The summed E-state index contributed by atoms with van der Waals surface area (Å²) in [5, 5.41) is 19.4. The molecule has 0 aliphatic carbocycles. The fourth-order valence-corrected chi connectivity index (χ4v) is 4.76. The second kappa shape index (κ2) is 11.5. The van der Waals surface area contributed by atoms with Crippen LogP contribution < -0.4 is 16.3 Å². The monoisotopic (exact) mass is 532 g/mol. The van der Waals surface area contributed by atoms with Crippen LogP contribution in [-0.2, 0) is 37.2 Å². The molecular formula is C14H20N3O13P2S+. The number of nitrogens with one attached hydrogen (secondary N) is 2. The van der Waals surface area contributed by atoms with Gasteiger partial charge in [-0.25, -0.2) is 14.4 Å². The third-order valence-electron chi connectivity index (χ3n) is 4.30. The van der Waals surface area contributed by atoms with Crippen LogP contribution in [0.4, 0.5) is 0 Å². The van der Waals surface area contributed by atoms with Gasteiger partial charge in [-0.05, 0) is 4.57 Å². The minimum absolute atomic E-state index is 0.684. The molecule has 1 fully saturated rings. The first-order chi connectivity index (χ1) is 15.3. The maximum Gasteiger partial charge on any atom is 0.582 e. The Balaban J connectivity index is 2.23. The molecule has 0 amide bonds. The van der Waals surface area contributed by atoms with Crippen LogP contribution in [0, 0.1) is 0 Å². The first-order valence-electron chi connectivity index (χ1n) is 8.87. The fourth-order valence-electron chi connectivity index (χ4n) is 2.95. The van der Waals surface area contributed by atoms with E-state index in [1.165, 1.54) is 7.11 Å². The highest BCUT2D eigenvalue weighted by Crippen LogP contribution is 2.43. The predicted molar refractivity (Wildman–Crippen MR) is 110 cm³/mol. The SMILES string of the molecule is COC1C(O[P+](=O)S)C(COP(=O)(O)NC(CC(=O)O)C(=O)O)O[C@H]1n1ccc(=O)[nH]c1=O. The molecule has 0 radical (unpaired) electrons. The summed E-state index contributed by atoms with van der Waals surface area (Å²) in [5.41, 5.74) is -1.56. The van der Waals surface area contributed by atoms with Crippen molar-refractivity contribution in [2.75, 3.05) is 13.7 Å². The van der Waals surface area contributed by atoms with Gasteiger partial charge in [-0.2, -0.15) is 0 Å². The van der Waals surface area contributed by atoms with Crippen molar-refractivity contribution in [3.05, 3.63) is 33.1 Å². The zero-order valence-electron chi connectivity index (χ0n) is 16.7. The first-order valence-corrected chi connectivity index (χ1v) is 12.8. The molecule has 19 heteroatoms. The Bertz CT molecular complexity index is 1060. The van der Waals surface area contributed by atoms with Gasteiger partial charge in [-0.1, -0.05) is 0 Å². The number of aliphatic carboxylic acids is 2. The molecule has 0 spiro atoms. The Morgan fingerprint density at radius 2 is 2.06 bits per heavy atom. The highest BCUT2D eigenvalue weighted by molar-refractivity contribution is 8.39. The van der Waals surface area contributed by atoms with Gasteiger partial charge < -0.3 is 24.6 Å². The van der Waals surface area contributed by atoms with Crippen LogP contribution in [0.5, 0.6) is 0 Å². The second-order valence-electron chi connectivity index (χ2n) is 6.52. The average molecular weight is 532 g/mol. The molecule has 0 bridgehead atoms. The Labute approximate surface area is 190 Å². The maximum absolute atomic E-state index is 12.3. The molecule has 1 aromatic heterocycles. The number of rotatable bonds is 12. The van der Waals surface area contributed by atoms with Gasteiger partial charge in [0.1, 0.15) is 30.5 Å². The lowest BCUT2D eigenvalue weighted by Gasteiger charge is -2.20. The fraction of sp³-hybridized carbons (Fsp3) is 0.571. The number of hydrogen-bond acceptors (Lipinski definition) is 10. The normalized spacial score (nSPS) is 25.8. The van der Waals surface area contributed by atoms with Crippen molar-refractivity contribution in [1.82, 2.24) is 14.6 Å². The second-order valence-corrected chi connectivity index (χ2v) is 9.75. The molecule has 1 aromatic rings. The standard InChI is InChI=1S/C14H19N3O13P2S/c1-27-11-10(30-31(24)33)7(29-12(11)17-3-2-8(18)15-14(17)23)5-28-32(25,26)16-6(13(21)22)4-9(19)20/h2-3,6-7,10-12H,4-5H2,1H3,(H5-,15,16,18,19,20,21,22,23,24,25,26,33)/p+1/t6?,7?,10?,11?,12-/m1/s1. The largest absolute Gasteiger partial charge is 0.582 e. The van der Waals surface area contributed by atoms with Crippen molar-refractivity contribution in [3.8, 4) is 0 Å². The van der Waals surface area contributed by atoms with Gasteiger partial charge in [-0.15, -0.1) is 4.52 Å². The Morgan fingerprint density at radius 1 is 1.39 bits per heavy atom. The molecule has 16 nitrogen and oxygen atoms in total. The predicted octanol–water partition coefficient (Wildman–Crippen LogP) is -0.944. The molecule has 2 heterocycles. The van der Waals surface area contributed by atoms with Crippen LogP contribution in [0.2, 0.25) is 0 Å². The number of aromatic amines is 1. The van der Waals surface area contributed by atoms with Crippen molar-refractivity contribution in [3.63, 3.8) is 0 Å². The quantitative estimate of drug-likeness (QED) is 0.141. The van der Waals surface area contributed by atoms with Gasteiger partial charge in [0.05, 0.1) is 13.0 Å². The van der Waals surface area contributed by atoms with E-state index in [1.54, 1.807) is 5.09 Å². The highest BCUT2D eigenvalue weighted by Gasteiger charge is 2.51. The highest BCUT2D eigenvalue weighted by atomic mass is 32.7. The van der Waals surface area contributed by atoms with Gasteiger partial charge in [-0.3, -0.25) is 28.5 Å². The van der Waals surface area contributed by atoms with Crippen LogP contribution in [0.3, 0.4) is 0 Å². The molecule has 1 aliphatic heterocycles. The number of carboxylic acid groups (broad SMARTS) is 2. The number of aromatic nitrogens is 2. The van der Waals surface area contributed by atoms with E-state index < -0.39 is 81.8 Å². The zero-order chi connectivity index (χ0) is 24.9. The third kappa shape index (κ3) is 7.53. The summed E-state index contributed by atoms with van der Waals surface area (Å²) in [7, 11) is -6.22. The molecule has 2 rings (SSSR count). The van der Waals surface area contributed by atoms with Crippen molar-refractivity contribution >= 4 is 39.2 Å². The average Bonchev–Trinajstić information content (AvgIpc) is 3.01.